The summed E-state index contributed by atoms with van der Waals surface area (Å²) in [6.45, 7) is 6.11. The van der Waals surface area contributed by atoms with Gasteiger partial charge in [0.25, 0.3) is 11.8 Å². The summed E-state index contributed by atoms with van der Waals surface area (Å²) < 4.78 is 6.26. The van der Waals surface area contributed by atoms with Crippen LogP contribution in [0.25, 0.3) is 0 Å². The van der Waals surface area contributed by atoms with E-state index < -0.39 is 5.91 Å². The van der Waals surface area contributed by atoms with Gasteiger partial charge in [0.2, 0.25) is 0 Å². The molecule has 3 N–H and O–H groups in total. The molecule has 0 aliphatic heterocycles. The molecule has 2 amide bonds. The molecule has 0 aromatic heterocycles. The highest BCUT2D eigenvalue weighted by Gasteiger charge is 2.15. The zero-order chi connectivity index (χ0) is 20.7. The molecule has 0 heterocycles. The number of carbonyl (C=O) groups excluding carboxylic acids is 2. The van der Waals surface area contributed by atoms with Crippen molar-refractivity contribution in [3.8, 4) is 5.75 Å². The predicted molar refractivity (Wildman–Crippen MR) is 116 cm³/mol. The molecule has 0 radical (unpaired) electrons. The van der Waals surface area contributed by atoms with Gasteiger partial charge in [0.1, 0.15) is 5.75 Å². The van der Waals surface area contributed by atoms with E-state index in [1.54, 1.807) is 24.3 Å². The topological polar surface area (TPSA) is 79.5 Å². The molecule has 2 aromatic rings. The lowest BCUT2D eigenvalue weighted by Crippen LogP contribution is -2.49. The lowest BCUT2D eigenvalue weighted by atomic mass is 9.87. The van der Waals surface area contributed by atoms with Crippen molar-refractivity contribution >= 4 is 45.1 Å². The van der Waals surface area contributed by atoms with Crippen molar-refractivity contribution in [3.05, 3.63) is 64.1 Å². The molecule has 0 spiro atoms. The molecule has 2 aromatic carbocycles. The van der Waals surface area contributed by atoms with Gasteiger partial charge in [0, 0.05) is 10.0 Å². The molecular formula is C20H22BrN3O3S. The molecule has 148 valence electrons. The minimum Gasteiger partial charge on any atom is -0.484 e. The third-order valence-electron chi connectivity index (χ3n) is 3.74. The molecule has 0 fully saturated rings. The largest absolute Gasteiger partial charge is 0.484 e. The fourth-order valence-corrected chi connectivity index (χ4v) is 2.58. The van der Waals surface area contributed by atoms with E-state index in [4.69, 9.17) is 17.0 Å². The van der Waals surface area contributed by atoms with E-state index >= 15 is 0 Å². The molecule has 0 aliphatic carbocycles. The summed E-state index contributed by atoms with van der Waals surface area (Å²) in [7, 11) is 0. The Morgan fingerprint density at radius 2 is 1.61 bits per heavy atom. The van der Waals surface area contributed by atoms with Crippen LogP contribution >= 0.6 is 28.1 Å². The Balaban J connectivity index is 1.76. The first-order valence-electron chi connectivity index (χ1n) is 8.54. The number of hydrogen-bond acceptors (Lipinski definition) is 4. The fourth-order valence-electron chi connectivity index (χ4n) is 2.17. The van der Waals surface area contributed by atoms with Gasteiger partial charge in [-0.3, -0.25) is 25.8 Å². The van der Waals surface area contributed by atoms with Crippen LogP contribution in [0.3, 0.4) is 0 Å². The minimum absolute atomic E-state index is 0.00839. The first-order chi connectivity index (χ1) is 13.1. The van der Waals surface area contributed by atoms with E-state index in [0.717, 1.165) is 10.0 Å². The average molecular weight is 464 g/mol. The molecular weight excluding hydrogens is 442 g/mol. The number of nitrogens with one attached hydrogen (secondary N) is 3. The summed E-state index contributed by atoms with van der Waals surface area (Å²) in [5.41, 5.74) is 6.46. The van der Waals surface area contributed by atoms with Gasteiger partial charge in [0.15, 0.2) is 11.7 Å². The lowest BCUT2D eigenvalue weighted by molar-refractivity contribution is -0.123. The van der Waals surface area contributed by atoms with Crippen LogP contribution in [0.2, 0.25) is 0 Å². The third-order valence-corrected chi connectivity index (χ3v) is 4.47. The third kappa shape index (κ3) is 6.94. The maximum Gasteiger partial charge on any atom is 0.276 e. The molecule has 0 atom stereocenters. The van der Waals surface area contributed by atoms with E-state index in [1.807, 2.05) is 24.3 Å². The summed E-state index contributed by atoms with van der Waals surface area (Å²) in [5, 5.41) is 2.50. The Morgan fingerprint density at radius 3 is 2.18 bits per heavy atom. The second-order valence-corrected chi connectivity index (χ2v) is 8.35. The Morgan fingerprint density at radius 1 is 1.00 bits per heavy atom. The van der Waals surface area contributed by atoms with Crippen LogP contribution in [0, 0.1) is 0 Å². The van der Waals surface area contributed by atoms with Gasteiger partial charge in [-0.15, -0.1) is 0 Å². The Hall–Kier alpha value is -2.45. The lowest BCUT2D eigenvalue weighted by Gasteiger charge is -2.19. The molecule has 2 rings (SSSR count). The number of ether oxygens (including phenoxy) is 1. The van der Waals surface area contributed by atoms with Crippen molar-refractivity contribution in [2.24, 2.45) is 0 Å². The highest BCUT2D eigenvalue weighted by atomic mass is 79.9. The van der Waals surface area contributed by atoms with Crippen LogP contribution < -0.4 is 20.9 Å². The molecule has 0 saturated heterocycles. The number of halogens is 1. The Kier molecular flexibility index (Phi) is 7.53. The van der Waals surface area contributed by atoms with Gasteiger partial charge in [-0.25, -0.2) is 0 Å². The predicted octanol–water partition coefficient (Wildman–Crippen LogP) is 3.46. The number of carbonyl (C=O) groups is 2. The standard InChI is InChI=1S/C20H22BrN3O3S/c1-20(2,3)14-6-4-13(5-7-14)18(26)22-19(28)24-23-17(25)12-27-16-10-8-15(21)9-11-16/h4-11H,12H2,1-3H3,(H,23,25)(H2,22,24,26,28). The average Bonchev–Trinajstić information content (AvgIpc) is 2.65. The summed E-state index contributed by atoms with van der Waals surface area (Å²) >= 11 is 8.34. The second kappa shape index (κ2) is 9.66. The molecule has 0 unspecified atom stereocenters. The highest BCUT2D eigenvalue weighted by molar-refractivity contribution is 9.10. The van der Waals surface area contributed by atoms with Gasteiger partial charge in [-0.05, 0) is 59.6 Å². The van der Waals surface area contributed by atoms with Crippen molar-refractivity contribution in [2.75, 3.05) is 6.61 Å². The zero-order valence-electron chi connectivity index (χ0n) is 15.8. The molecule has 6 nitrogen and oxygen atoms in total. The first-order valence-corrected chi connectivity index (χ1v) is 9.74. The smallest absolute Gasteiger partial charge is 0.276 e. The fraction of sp³-hybridized carbons (Fsp3) is 0.250. The van der Waals surface area contributed by atoms with Crippen molar-refractivity contribution in [3.63, 3.8) is 0 Å². The van der Waals surface area contributed by atoms with E-state index in [1.165, 1.54) is 0 Å². The van der Waals surface area contributed by atoms with Crippen LogP contribution in [0.15, 0.2) is 53.0 Å². The number of rotatable bonds is 4. The van der Waals surface area contributed by atoms with Crippen molar-refractivity contribution in [1.82, 2.24) is 16.2 Å². The van der Waals surface area contributed by atoms with E-state index in [0.29, 0.717) is 11.3 Å². The molecule has 0 saturated carbocycles. The van der Waals surface area contributed by atoms with Crippen LogP contribution in [0.5, 0.6) is 5.75 Å². The van der Waals surface area contributed by atoms with Crippen LogP contribution in [0.4, 0.5) is 0 Å². The Bertz CT molecular complexity index is 846. The van der Waals surface area contributed by atoms with Gasteiger partial charge < -0.3 is 4.74 Å². The quantitative estimate of drug-likeness (QED) is 0.477. The monoisotopic (exact) mass is 463 g/mol. The summed E-state index contributed by atoms with van der Waals surface area (Å²) in [6, 6.07) is 14.4. The number of hydrazine groups is 1. The molecule has 0 aliphatic rings. The number of thiocarbonyl (C=S) groups is 1. The maximum atomic E-state index is 12.2. The molecule has 28 heavy (non-hydrogen) atoms. The number of hydrogen-bond donors (Lipinski definition) is 3. The van der Waals surface area contributed by atoms with Crippen molar-refractivity contribution < 1.29 is 14.3 Å². The van der Waals surface area contributed by atoms with E-state index in [-0.39, 0.29) is 23.0 Å². The van der Waals surface area contributed by atoms with Crippen LogP contribution in [0.1, 0.15) is 36.7 Å². The van der Waals surface area contributed by atoms with Crippen molar-refractivity contribution in [2.45, 2.75) is 26.2 Å². The first kappa shape index (κ1) is 21.8. The zero-order valence-corrected chi connectivity index (χ0v) is 18.2. The Labute approximate surface area is 178 Å². The van der Waals surface area contributed by atoms with Crippen LogP contribution in [-0.2, 0) is 10.2 Å². The second-order valence-electron chi connectivity index (χ2n) is 7.03. The summed E-state index contributed by atoms with van der Waals surface area (Å²) in [5.74, 6) is -0.236. The van der Waals surface area contributed by atoms with E-state index in [9.17, 15) is 9.59 Å². The number of benzene rings is 2. The minimum atomic E-state index is -0.436. The van der Waals surface area contributed by atoms with E-state index in [2.05, 4.69) is 52.9 Å². The highest BCUT2D eigenvalue weighted by Crippen LogP contribution is 2.22. The summed E-state index contributed by atoms with van der Waals surface area (Å²) in [6.07, 6.45) is 0. The van der Waals surface area contributed by atoms with Gasteiger partial charge in [0.05, 0.1) is 0 Å². The molecule has 0 bridgehead atoms. The molecule has 8 heteroatoms. The van der Waals surface area contributed by atoms with Gasteiger partial charge in [-0.2, -0.15) is 0 Å². The normalized spacial score (nSPS) is 10.7. The SMILES string of the molecule is CC(C)(C)c1ccc(C(=O)NC(=S)NNC(=O)COc2ccc(Br)cc2)cc1. The maximum absolute atomic E-state index is 12.2. The van der Waals surface area contributed by atoms with Gasteiger partial charge in [-0.1, -0.05) is 48.8 Å². The summed E-state index contributed by atoms with van der Waals surface area (Å²) in [4.78, 5) is 24.0. The number of amides is 2. The van der Waals surface area contributed by atoms with Crippen LogP contribution in [-0.4, -0.2) is 23.5 Å². The van der Waals surface area contributed by atoms with Crippen molar-refractivity contribution in [1.29, 1.82) is 0 Å². The van der Waals surface area contributed by atoms with Gasteiger partial charge >= 0.3 is 0 Å².